The van der Waals surface area contributed by atoms with E-state index in [1.165, 1.54) is 0 Å². The lowest BCUT2D eigenvalue weighted by Crippen LogP contribution is -2.63. The third-order valence-electron chi connectivity index (χ3n) is 17.9. The second-order valence-corrected chi connectivity index (χ2v) is 24.6. The molecule has 10 atom stereocenters. The van der Waals surface area contributed by atoms with Crippen LogP contribution in [0.4, 0.5) is 0 Å². The third-order valence-corrected chi connectivity index (χ3v) is 17.9. The van der Waals surface area contributed by atoms with Gasteiger partial charge in [-0.15, -0.1) is 0 Å². The zero-order valence-corrected chi connectivity index (χ0v) is 54.8. The molecule has 5 aliphatic heterocycles. The van der Waals surface area contributed by atoms with Gasteiger partial charge in [0.25, 0.3) is 0 Å². The van der Waals surface area contributed by atoms with E-state index in [0.717, 1.165) is 0 Å². The summed E-state index contributed by atoms with van der Waals surface area (Å²) in [7, 11) is 0. The number of ether oxygens (including phenoxy) is 11. The molecule has 584 valence electrons. The highest BCUT2D eigenvalue weighted by molar-refractivity contribution is 6.12. The number of aromatic hydroxyl groups is 23. The highest BCUT2D eigenvalue weighted by Crippen LogP contribution is 2.58. The number of phenols is 23. The number of hydrogen-bond donors (Lipinski definition) is 25. The van der Waals surface area contributed by atoms with Crippen LogP contribution in [-0.2, 0) is 47.4 Å². The lowest BCUT2D eigenvalue weighted by molar-refractivity contribution is -0.284. The maximum absolute atomic E-state index is 14.9. The van der Waals surface area contributed by atoms with Crippen molar-refractivity contribution in [3.8, 4) is 177 Å². The van der Waals surface area contributed by atoms with Crippen LogP contribution in [0.25, 0.3) is 33.4 Å². The minimum atomic E-state index is -2.88. The number of phenolic OH excluding ortho intramolecular Hbond substituents is 23. The Kier molecular flexibility index (Phi) is 18.1. The quantitative estimate of drug-likeness (QED) is 0.0640. The van der Waals surface area contributed by atoms with Crippen LogP contribution in [0.2, 0.25) is 0 Å². The number of carbonyl (C=O) groups excluding carboxylic acids is 8. The normalized spacial score (nSPS) is 21.3. The molecule has 0 saturated carbocycles. The molecule has 0 bridgehead atoms. The molecule has 0 radical (unpaired) electrons. The van der Waals surface area contributed by atoms with Gasteiger partial charge in [0.05, 0.1) is 38.9 Å². The van der Waals surface area contributed by atoms with Crippen molar-refractivity contribution in [1.29, 1.82) is 0 Å². The largest absolute Gasteiger partial charge is 0.504 e. The van der Waals surface area contributed by atoms with Gasteiger partial charge in [0.15, 0.2) is 110 Å². The summed E-state index contributed by atoms with van der Waals surface area (Å²) < 4.78 is 61.4. The minimum absolute atomic E-state index is 0.242. The van der Waals surface area contributed by atoms with E-state index in [-0.39, 0.29) is 6.07 Å². The number of fused-ring (bicyclic) bond motifs is 13. The van der Waals surface area contributed by atoms with E-state index in [9.17, 15) is 166 Å². The molecule has 0 aromatic heterocycles. The maximum Gasteiger partial charge on any atom is 0.344 e. The molecule has 44 nitrogen and oxygen atoms in total. The molecule has 2 saturated heterocycles. The molecule has 2 fully saturated rings. The van der Waals surface area contributed by atoms with E-state index < -0.39 is 344 Å². The number of rotatable bonds is 6. The Labute approximate surface area is 614 Å². The van der Waals surface area contributed by atoms with E-state index in [2.05, 4.69) is 0 Å². The van der Waals surface area contributed by atoms with E-state index >= 15 is 0 Å². The highest BCUT2D eigenvalue weighted by atomic mass is 16.8. The zero-order chi connectivity index (χ0) is 81.5. The van der Waals surface area contributed by atoms with Gasteiger partial charge in [0.1, 0.15) is 43.2 Å². The van der Waals surface area contributed by atoms with Crippen molar-refractivity contribution < 1.29 is 218 Å². The summed E-state index contributed by atoms with van der Waals surface area (Å²) in [5, 5.41) is 273. The van der Waals surface area contributed by atoms with Crippen molar-refractivity contribution >= 4 is 47.8 Å². The molecule has 0 amide bonds. The molecule has 0 spiro atoms. The average Bonchev–Trinajstić information content (AvgIpc) is 1.04. The highest BCUT2D eigenvalue weighted by Gasteiger charge is 2.57. The Morgan fingerprint density at radius 2 is 0.607 bits per heavy atom. The van der Waals surface area contributed by atoms with Gasteiger partial charge in [-0.3, -0.25) is 0 Å². The van der Waals surface area contributed by atoms with Crippen molar-refractivity contribution in [2.24, 2.45) is 0 Å². The smallest absolute Gasteiger partial charge is 0.344 e. The van der Waals surface area contributed by atoms with Crippen LogP contribution < -0.4 is 4.74 Å². The van der Waals surface area contributed by atoms with Crippen LogP contribution >= 0.6 is 0 Å². The van der Waals surface area contributed by atoms with Crippen molar-refractivity contribution in [3.63, 3.8) is 0 Å². The Morgan fingerprint density at radius 3 is 1.00 bits per heavy atom. The number of cyclic esters (lactones) is 2. The number of aliphatic hydroxyl groups excluding tert-OH is 2. The molecule has 8 aromatic carbocycles. The maximum atomic E-state index is 14.9. The van der Waals surface area contributed by atoms with E-state index in [1.54, 1.807) is 0 Å². The predicted octanol–water partition coefficient (Wildman–Crippen LogP) is 1.75. The van der Waals surface area contributed by atoms with Gasteiger partial charge >= 0.3 is 47.8 Å². The molecule has 5 heterocycles. The first-order chi connectivity index (χ1) is 52.7. The number of aliphatic hydroxyl groups is 2. The fourth-order valence-corrected chi connectivity index (χ4v) is 12.5. The van der Waals surface area contributed by atoms with Crippen LogP contribution in [-0.4, -0.2) is 250 Å². The topological polar surface area (TPSA) is 744 Å². The summed E-state index contributed by atoms with van der Waals surface area (Å²) in [6.45, 7) is -2.74. The fourth-order valence-electron chi connectivity index (χ4n) is 12.5. The monoisotopic (exact) mass is 1570 g/mol. The summed E-state index contributed by atoms with van der Waals surface area (Å²) in [5.41, 5.74) is -16.4. The molecular weight excluding hydrogens is 1520 g/mol. The van der Waals surface area contributed by atoms with Gasteiger partial charge in [-0.1, -0.05) is 0 Å². The van der Waals surface area contributed by atoms with Crippen LogP contribution in [0.1, 0.15) is 82.9 Å². The summed E-state index contributed by atoms with van der Waals surface area (Å²) >= 11 is 0. The second-order valence-electron chi connectivity index (χ2n) is 24.6. The van der Waals surface area contributed by atoms with Gasteiger partial charge in [0.2, 0.25) is 70.4 Å². The van der Waals surface area contributed by atoms with Gasteiger partial charge < -0.3 is 180 Å². The first-order valence-corrected chi connectivity index (χ1v) is 31.2. The standard InChI is InChI=1S/C68H48O44/c69-20-1-12(2-28(37(20)77)104-54-19(9-27(76)44(84)51(54)91)66(101)112-67-53(93)52(92)55-29(105-67)10-102-60(95)13-3-21(70)38(78)45(85)31(13)33-15(62(97)107-55)5-23(72)40(80)47(33)87)59(94)111-68-58-57(109-64(99)17-7-25(74)42(82)49(89)35(17)36-18(65(100)110-58)8-26(75)43(83)50(36)90)56-30(106-68)11-103-61(96)14-4-22(71)39(79)46(86)32(14)34-16(63(98)108-56)6-24(73)41(81)48(34)88/h1-9,29-30,52-53,55-58,67-93H,10-11H2/t29-,30-,52-,53-,55-,56-,57+,58-,67-,68-/m1/s1. The van der Waals surface area contributed by atoms with Gasteiger partial charge in [-0.2, -0.15) is 0 Å². The molecule has 0 aliphatic carbocycles. The summed E-state index contributed by atoms with van der Waals surface area (Å²) in [5.74, 6) is -51.5. The summed E-state index contributed by atoms with van der Waals surface area (Å²) in [6, 6.07) is 3.05. The number of esters is 8. The van der Waals surface area contributed by atoms with Crippen molar-refractivity contribution in [2.45, 2.75) is 61.4 Å². The van der Waals surface area contributed by atoms with Crippen molar-refractivity contribution in [2.75, 3.05) is 13.2 Å². The Balaban J connectivity index is 0.863. The number of benzene rings is 8. The number of carbonyl (C=O) groups is 8. The predicted molar refractivity (Wildman–Crippen MR) is 344 cm³/mol. The van der Waals surface area contributed by atoms with E-state index in [4.69, 9.17) is 52.1 Å². The molecule has 25 N–H and O–H groups in total. The van der Waals surface area contributed by atoms with Crippen LogP contribution in [0.15, 0.2) is 54.6 Å². The van der Waals surface area contributed by atoms with Gasteiger partial charge in [0, 0.05) is 39.4 Å². The Morgan fingerprint density at radius 1 is 0.304 bits per heavy atom. The Hall–Kier alpha value is -15.4. The van der Waals surface area contributed by atoms with Crippen molar-refractivity contribution in [1.82, 2.24) is 0 Å². The van der Waals surface area contributed by atoms with E-state index in [0.29, 0.717) is 48.5 Å². The van der Waals surface area contributed by atoms with Crippen LogP contribution in [0.3, 0.4) is 0 Å². The molecule has 0 unspecified atom stereocenters. The zero-order valence-electron chi connectivity index (χ0n) is 54.8. The average molecular weight is 1570 g/mol. The SMILES string of the molecule is O=C(O[C@H]1O[C@@H]2COC(=O)c3cc(O)c(O)c(O)c3-c3c(cc(O)c(O)c3O)C(=O)O[C@H]2[C@@H]2OC(=O)c3cc(O)c(O)c(O)c3-c3c(cc(O)c(O)c3O)C(=O)O[C@@H]12)c1cc(O)c(O)c(Oc2c(C(=O)O[C@H]3O[C@@H]4COC(=O)c5cc(O)c(O)c(O)c5-c5c(cc(O)c(O)c5O)C(=O)O[C@H]4[C@H](O)[C@H]3O)cc(O)c(O)c2O)c1. The van der Waals surface area contributed by atoms with E-state index in [1.807, 2.05) is 0 Å². The molecule has 8 aromatic rings. The molecule has 5 aliphatic rings. The first-order valence-electron chi connectivity index (χ1n) is 31.2. The van der Waals surface area contributed by atoms with Gasteiger partial charge in [-0.25, -0.2) is 38.4 Å². The summed E-state index contributed by atoms with van der Waals surface area (Å²) in [6.07, 6.45) is -25.9. The molecule has 13 rings (SSSR count). The van der Waals surface area contributed by atoms with Crippen molar-refractivity contribution in [3.05, 3.63) is 99.1 Å². The molecule has 112 heavy (non-hydrogen) atoms. The lowest BCUT2D eigenvalue weighted by Gasteiger charge is -2.44. The minimum Gasteiger partial charge on any atom is -0.504 e. The Bertz CT molecular complexity index is 5510. The third kappa shape index (κ3) is 12.0. The van der Waals surface area contributed by atoms with Gasteiger partial charge in [-0.05, 0) is 48.5 Å². The fraction of sp³-hybridized carbons (Fsp3) is 0.176. The summed E-state index contributed by atoms with van der Waals surface area (Å²) in [4.78, 5) is 116. The number of hydrogen-bond acceptors (Lipinski definition) is 44. The second kappa shape index (κ2) is 27.1. The first kappa shape index (κ1) is 74.8. The molecule has 44 heteroatoms. The van der Waals surface area contributed by atoms with Crippen LogP contribution in [0, 0.1) is 0 Å². The van der Waals surface area contributed by atoms with Crippen LogP contribution in [0.5, 0.6) is 144 Å². The lowest BCUT2D eigenvalue weighted by atomic mass is 9.91. The molecular formula is C68H48O44.